The lowest BCUT2D eigenvalue weighted by Gasteiger charge is -2.27. The van der Waals surface area contributed by atoms with Crippen LogP contribution in [0.15, 0.2) is 42.0 Å². The third kappa shape index (κ3) is 5.19. The molecule has 0 bridgehead atoms. The maximum Gasteiger partial charge on any atom is 0.295 e. The number of methoxy groups -OCH3 is 3. The lowest BCUT2D eigenvalue weighted by atomic mass is 9.94. The molecule has 1 aliphatic heterocycles. The monoisotopic (exact) mass is 484 g/mol. The Hall–Kier alpha value is -3.72. The lowest BCUT2D eigenvalue weighted by Crippen LogP contribution is -2.35. The Kier molecular flexibility index (Phi) is 8.24. The molecule has 1 fully saturated rings. The van der Waals surface area contributed by atoms with Crippen molar-refractivity contribution in [1.82, 2.24) is 9.80 Å². The van der Waals surface area contributed by atoms with E-state index in [9.17, 15) is 14.7 Å². The van der Waals surface area contributed by atoms with Crippen LogP contribution in [0, 0.1) is 0 Å². The molecule has 1 N–H and O–H groups in total. The van der Waals surface area contributed by atoms with Crippen LogP contribution in [-0.2, 0) is 9.59 Å². The molecule has 0 aromatic heterocycles. The summed E-state index contributed by atoms with van der Waals surface area (Å²) < 4.78 is 22.0. The number of Topliss-reactive ketones (excluding diaryl/α,β-unsaturated/α-hetero) is 1. The number of hydrogen-bond donors (Lipinski definition) is 1. The highest BCUT2D eigenvalue weighted by atomic mass is 16.5. The van der Waals surface area contributed by atoms with Crippen LogP contribution in [0.3, 0.4) is 0 Å². The van der Waals surface area contributed by atoms with Crippen LogP contribution in [0.2, 0.25) is 0 Å². The fourth-order valence-corrected chi connectivity index (χ4v) is 4.08. The molecular formula is C26H32N2O7. The zero-order valence-corrected chi connectivity index (χ0v) is 21.0. The van der Waals surface area contributed by atoms with Gasteiger partial charge in [-0.15, -0.1) is 0 Å². The van der Waals surface area contributed by atoms with E-state index < -0.39 is 17.7 Å². The summed E-state index contributed by atoms with van der Waals surface area (Å²) in [6.45, 7) is 3.10. The topological polar surface area (TPSA) is 97.8 Å². The Bertz CT molecular complexity index is 1100. The molecule has 1 atom stereocenters. The summed E-state index contributed by atoms with van der Waals surface area (Å²) in [5.41, 5.74) is 0.899. The van der Waals surface area contributed by atoms with Gasteiger partial charge < -0.3 is 33.9 Å². The first-order chi connectivity index (χ1) is 16.8. The van der Waals surface area contributed by atoms with Gasteiger partial charge in [0.1, 0.15) is 11.5 Å². The zero-order chi connectivity index (χ0) is 25.7. The van der Waals surface area contributed by atoms with Gasteiger partial charge in [-0.25, -0.2) is 0 Å². The number of aliphatic hydroxyl groups excluding tert-OH is 1. The van der Waals surface area contributed by atoms with Crippen LogP contribution in [0.1, 0.15) is 24.1 Å². The molecule has 188 valence electrons. The second kappa shape index (κ2) is 11.1. The molecular weight excluding hydrogens is 452 g/mol. The average Bonchev–Trinajstić information content (AvgIpc) is 3.11. The summed E-state index contributed by atoms with van der Waals surface area (Å²) in [5, 5.41) is 11.3. The number of benzene rings is 2. The van der Waals surface area contributed by atoms with Crippen molar-refractivity contribution >= 4 is 17.4 Å². The van der Waals surface area contributed by atoms with Gasteiger partial charge >= 0.3 is 0 Å². The Morgan fingerprint density at radius 3 is 2.23 bits per heavy atom. The number of aliphatic hydroxyl groups is 1. The number of carbonyl (C=O) groups excluding carboxylic acids is 2. The number of nitrogens with zero attached hydrogens (tertiary/aromatic N) is 2. The van der Waals surface area contributed by atoms with Crippen LogP contribution in [0.4, 0.5) is 0 Å². The average molecular weight is 485 g/mol. The van der Waals surface area contributed by atoms with Crippen LogP contribution >= 0.6 is 0 Å². The predicted molar refractivity (Wildman–Crippen MR) is 131 cm³/mol. The van der Waals surface area contributed by atoms with Gasteiger partial charge in [0.05, 0.1) is 39.6 Å². The molecule has 2 aromatic rings. The van der Waals surface area contributed by atoms with Gasteiger partial charge in [-0.2, -0.15) is 0 Å². The first kappa shape index (κ1) is 25.9. The van der Waals surface area contributed by atoms with Crippen molar-refractivity contribution in [1.29, 1.82) is 0 Å². The molecule has 1 heterocycles. The molecule has 9 nitrogen and oxygen atoms in total. The molecule has 1 amide bonds. The molecule has 0 radical (unpaired) electrons. The Morgan fingerprint density at radius 2 is 1.69 bits per heavy atom. The van der Waals surface area contributed by atoms with E-state index in [1.165, 1.54) is 26.2 Å². The minimum atomic E-state index is -0.862. The third-order valence-corrected chi connectivity index (χ3v) is 5.75. The quantitative estimate of drug-likeness (QED) is 0.312. The van der Waals surface area contributed by atoms with E-state index in [-0.39, 0.29) is 17.9 Å². The van der Waals surface area contributed by atoms with E-state index in [0.29, 0.717) is 47.3 Å². The summed E-state index contributed by atoms with van der Waals surface area (Å²) in [7, 11) is 8.23. The molecule has 35 heavy (non-hydrogen) atoms. The SMILES string of the molecule is CCOc1cccc(C(O)=C2C(=O)C(=O)N(CCN(C)C)C2c2cc(OC)c(OC)c(OC)c2)c1. The standard InChI is InChI=1S/C26H32N2O7/c1-7-35-18-10-8-9-16(13-18)23(29)21-22(28(12-11-27(2)3)26(31)24(21)30)17-14-19(32-4)25(34-6)20(15-17)33-5/h8-10,13-15,22,29H,7,11-12H2,1-6H3. The van der Waals surface area contributed by atoms with E-state index in [1.807, 2.05) is 25.9 Å². The molecule has 0 aliphatic carbocycles. The maximum absolute atomic E-state index is 13.3. The first-order valence-electron chi connectivity index (χ1n) is 11.2. The number of ether oxygens (including phenoxy) is 4. The van der Waals surface area contributed by atoms with Gasteiger partial charge in [0.15, 0.2) is 11.5 Å². The first-order valence-corrected chi connectivity index (χ1v) is 11.2. The lowest BCUT2D eigenvalue weighted by molar-refractivity contribution is -0.140. The Balaban J connectivity index is 2.24. The summed E-state index contributed by atoms with van der Waals surface area (Å²) >= 11 is 0. The third-order valence-electron chi connectivity index (χ3n) is 5.75. The van der Waals surface area contributed by atoms with E-state index in [4.69, 9.17) is 18.9 Å². The fourth-order valence-electron chi connectivity index (χ4n) is 4.08. The van der Waals surface area contributed by atoms with Gasteiger partial charge in [-0.1, -0.05) is 12.1 Å². The van der Waals surface area contributed by atoms with Crippen LogP contribution in [0.25, 0.3) is 5.76 Å². The van der Waals surface area contributed by atoms with Crippen molar-refractivity contribution < 1.29 is 33.6 Å². The molecule has 1 saturated heterocycles. The van der Waals surface area contributed by atoms with Gasteiger partial charge in [0.2, 0.25) is 5.75 Å². The number of likely N-dealkylation sites (N-methyl/N-ethyl adjacent to an activating group) is 1. The van der Waals surface area contributed by atoms with E-state index >= 15 is 0 Å². The summed E-state index contributed by atoms with van der Waals surface area (Å²) in [6, 6.07) is 9.28. The van der Waals surface area contributed by atoms with Gasteiger partial charge in [0.25, 0.3) is 11.7 Å². The van der Waals surface area contributed by atoms with Crippen molar-refractivity contribution in [2.75, 3.05) is 55.1 Å². The highest BCUT2D eigenvalue weighted by molar-refractivity contribution is 6.46. The molecule has 1 unspecified atom stereocenters. The van der Waals surface area contributed by atoms with Crippen molar-refractivity contribution in [3.8, 4) is 23.0 Å². The van der Waals surface area contributed by atoms with Crippen molar-refractivity contribution in [3.63, 3.8) is 0 Å². The van der Waals surface area contributed by atoms with Gasteiger partial charge in [-0.05, 0) is 50.8 Å². The summed E-state index contributed by atoms with van der Waals surface area (Å²) in [5.74, 6) is -0.0566. The van der Waals surface area contributed by atoms with Crippen LogP contribution < -0.4 is 18.9 Å². The predicted octanol–water partition coefficient (Wildman–Crippen LogP) is 3.09. The zero-order valence-electron chi connectivity index (χ0n) is 21.0. The van der Waals surface area contributed by atoms with Crippen molar-refractivity contribution in [2.24, 2.45) is 0 Å². The van der Waals surface area contributed by atoms with Crippen LogP contribution in [0.5, 0.6) is 23.0 Å². The molecule has 1 aliphatic rings. The van der Waals surface area contributed by atoms with Crippen molar-refractivity contribution in [3.05, 3.63) is 53.1 Å². The second-order valence-electron chi connectivity index (χ2n) is 8.22. The van der Waals surface area contributed by atoms with E-state index in [1.54, 1.807) is 36.4 Å². The number of hydrogen-bond acceptors (Lipinski definition) is 8. The Labute approximate surface area is 205 Å². The van der Waals surface area contributed by atoms with Gasteiger partial charge in [-0.3, -0.25) is 9.59 Å². The second-order valence-corrected chi connectivity index (χ2v) is 8.22. The minimum absolute atomic E-state index is 0.0170. The fraction of sp³-hybridized carbons (Fsp3) is 0.385. The number of carbonyl (C=O) groups is 2. The Morgan fingerprint density at radius 1 is 1.03 bits per heavy atom. The summed E-state index contributed by atoms with van der Waals surface area (Å²) in [6.07, 6.45) is 0. The molecule has 0 saturated carbocycles. The van der Waals surface area contributed by atoms with E-state index in [2.05, 4.69) is 0 Å². The molecule has 2 aromatic carbocycles. The number of likely N-dealkylation sites (tertiary alicyclic amines) is 1. The smallest absolute Gasteiger partial charge is 0.295 e. The molecule has 0 spiro atoms. The molecule has 9 heteroatoms. The van der Waals surface area contributed by atoms with Gasteiger partial charge in [0, 0.05) is 18.7 Å². The number of rotatable bonds is 10. The number of amides is 1. The molecule has 3 rings (SSSR count). The number of ketones is 1. The highest BCUT2D eigenvalue weighted by Gasteiger charge is 2.46. The minimum Gasteiger partial charge on any atom is -0.507 e. The van der Waals surface area contributed by atoms with Crippen molar-refractivity contribution in [2.45, 2.75) is 13.0 Å². The maximum atomic E-state index is 13.3. The summed E-state index contributed by atoms with van der Waals surface area (Å²) in [4.78, 5) is 29.8. The normalized spacial score (nSPS) is 17.1. The van der Waals surface area contributed by atoms with E-state index in [0.717, 1.165) is 0 Å². The highest BCUT2D eigenvalue weighted by Crippen LogP contribution is 2.45. The van der Waals surface area contributed by atoms with Crippen LogP contribution in [-0.4, -0.2) is 81.7 Å². The largest absolute Gasteiger partial charge is 0.507 e.